The Bertz CT molecular complexity index is 1580. The van der Waals surface area contributed by atoms with Gasteiger partial charge in [-0.25, -0.2) is 20.8 Å². The summed E-state index contributed by atoms with van der Waals surface area (Å²) in [5.41, 5.74) is 8.11. The van der Waals surface area contributed by atoms with Gasteiger partial charge < -0.3 is 0 Å². The van der Waals surface area contributed by atoms with Crippen molar-refractivity contribution in [2.45, 2.75) is 13.8 Å². The second-order valence-corrected chi connectivity index (χ2v) is 8.13. The first-order chi connectivity index (χ1) is 17.5. The van der Waals surface area contributed by atoms with Crippen LogP contribution in [0.3, 0.4) is 0 Å². The minimum atomic E-state index is -0.252. The van der Waals surface area contributed by atoms with E-state index in [0.717, 1.165) is 32.7 Å². The van der Waals surface area contributed by atoms with Crippen molar-refractivity contribution in [3.8, 4) is 0 Å². The fourth-order valence-corrected chi connectivity index (χ4v) is 4.05. The Morgan fingerprint density at radius 3 is 1.36 bits per heavy atom. The van der Waals surface area contributed by atoms with Crippen molar-refractivity contribution in [2.24, 2.45) is 10.2 Å². The van der Waals surface area contributed by atoms with Gasteiger partial charge in [-0.2, -0.15) is 10.2 Å². The number of rotatable bonds is 6. The monoisotopic (exact) mass is 478 g/mol. The largest absolute Gasteiger partial charge is 0.291 e. The van der Waals surface area contributed by atoms with Crippen molar-refractivity contribution in [1.82, 2.24) is 19.9 Å². The van der Waals surface area contributed by atoms with Gasteiger partial charge in [0.25, 0.3) is 11.1 Å². The molecular formula is C26H22N8O2. The molecule has 10 nitrogen and oxygen atoms in total. The van der Waals surface area contributed by atoms with Crippen LogP contribution in [0.25, 0.3) is 21.5 Å². The van der Waals surface area contributed by atoms with Crippen LogP contribution in [-0.2, 0) is 0 Å². The van der Waals surface area contributed by atoms with Gasteiger partial charge in [-0.05, 0) is 35.4 Å². The van der Waals surface area contributed by atoms with Crippen molar-refractivity contribution < 1.29 is 0 Å². The third-order valence-electron chi connectivity index (χ3n) is 5.48. The molecule has 0 saturated carbocycles. The second kappa shape index (κ2) is 9.63. The van der Waals surface area contributed by atoms with Gasteiger partial charge in [0.1, 0.15) is 0 Å². The number of hydrogen-bond donors (Lipinski definition) is 4. The summed E-state index contributed by atoms with van der Waals surface area (Å²) in [5, 5.41) is 12.6. The minimum absolute atomic E-state index is 0.252. The molecule has 0 atom stereocenters. The molecule has 0 amide bonds. The Kier molecular flexibility index (Phi) is 6.06. The molecule has 2 aromatic heterocycles. The molecule has 0 radical (unpaired) electrons. The molecule has 5 aromatic rings. The molecular weight excluding hydrogens is 456 g/mol. The first-order valence-corrected chi connectivity index (χ1v) is 11.2. The SMILES string of the molecule is Cc1cc(=O)[nH]c(NN=Cc2c3ccccc3c(C=NNc3nc(C)cc(=O)[nH]3)c3ccccc23)n1. The zero-order valence-corrected chi connectivity index (χ0v) is 19.5. The molecule has 178 valence electrons. The molecule has 0 aliphatic carbocycles. The van der Waals surface area contributed by atoms with Crippen LogP contribution in [0.1, 0.15) is 22.5 Å². The highest BCUT2D eigenvalue weighted by Gasteiger charge is 2.11. The molecule has 0 bridgehead atoms. The first kappa shape index (κ1) is 22.7. The summed E-state index contributed by atoms with van der Waals surface area (Å²) < 4.78 is 0. The van der Waals surface area contributed by atoms with Gasteiger partial charge in [-0.15, -0.1) is 0 Å². The Balaban J connectivity index is 1.57. The van der Waals surface area contributed by atoms with Crippen LogP contribution in [-0.4, -0.2) is 32.4 Å². The Labute approximate surface area is 204 Å². The van der Waals surface area contributed by atoms with E-state index in [1.165, 1.54) is 12.1 Å². The number of aryl methyl sites for hydroxylation is 2. The highest BCUT2D eigenvalue weighted by molar-refractivity contribution is 6.21. The molecule has 0 unspecified atom stereocenters. The predicted octanol–water partition coefficient (Wildman–Crippen LogP) is 3.67. The highest BCUT2D eigenvalue weighted by Crippen LogP contribution is 2.31. The van der Waals surface area contributed by atoms with Gasteiger partial charge in [-0.3, -0.25) is 19.6 Å². The Morgan fingerprint density at radius 1 is 0.667 bits per heavy atom. The molecule has 0 saturated heterocycles. The zero-order valence-electron chi connectivity index (χ0n) is 19.5. The Hall–Kier alpha value is -5.12. The standard InChI is InChI=1S/C26H22N8O2/c1-15-11-23(35)31-25(29-15)33-27-13-21-17-7-3-5-9-19(17)22(20-10-6-4-8-18(20)21)14-28-34-26-30-16(2)12-24(36)32-26/h3-14H,1-2H3,(H2,29,31,33,35)(H2,30,32,34,36). The summed E-state index contributed by atoms with van der Waals surface area (Å²) in [6.07, 6.45) is 3.43. The molecule has 0 aliphatic rings. The van der Waals surface area contributed by atoms with Crippen molar-refractivity contribution in [2.75, 3.05) is 10.9 Å². The van der Waals surface area contributed by atoms with Crippen molar-refractivity contribution in [3.63, 3.8) is 0 Å². The number of nitrogens with zero attached hydrogens (tertiary/aromatic N) is 4. The first-order valence-electron chi connectivity index (χ1n) is 11.2. The normalized spacial score (nSPS) is 11.6. The molecule has 36 heavy (non-hydrogen) atoms. The maximum absolute atomic E-state index is 11.7. The van der Waals surface area contributed by atoms with Crippen molar-refractivity contribution in [1.29, 1.82) is 0 Å². The summed E-state index contributed by atoms with van der Waals surface area (Å²) in [6.45, 7) is 3.49. The third kappa shape index (κ3) is 4.73. The van der Waals surface area contributed by atoms with Crippen LogP contribution in [0.5, 0.6) is 0 Å². The maximum atomic E-state index is 11.7. The van der Waals surface area contributed by atoms with E-state index in [-0.39, 0.29) is 23.0 Å². The number of aromatic amines is 2. The van der Waals surface area contributed by atoms with Crippen LogP contribution < -0.4 is 22.0 Å². The minimum Gasteiger partial charge on any atom is -0.291 e. The van der Waals surface area contributed by atoms with Crippen LogP contribution in [0, 0.1) is 13.8 Å². The van der Waals surface area contributed by atoms with E-state index in [0.29, 0.717) is 11.4 Å². The summed E-state index contributed by atoms with van der Waals surface area (Å²) in [5.74, 6) is 0.532. The molecule has 0 spiro atoms. The fourth-order valence-electron chi connectivity index (χ4n) is 4.05. The second-order valence-electron chi connectivity index (χ2n) is 8.13. The molecule has 10 heteroatoms. The lowest BCUT2D eigenvalue weighted by molar-refractivity contribution is 1.04. The number of benzene rings is 3. The van der Waals surface area contributed by atoms with E-state index in [1.807, 2.05) is 48.5 Å². The number of fused-ring (bicyclic) bond motifs is 2. The molecule has 4 N–H and O–H groups in total. The molecule has 0 fully saturated rings. The quantitative estimate of drug-likeness (QED) is 0.167. The molecule has 3 aromatic carbocycles. The zero-order chi connectivity index (χ0) is 25.1. The summed E-state index contributed by atoms with van der Waals surface area (Å²) in [7, 11) is 0. The van der Waals surface area contributed by atoms with E-state index in [2.05, 4.69) is 41.0 Å². The van der Waals surface area contributed by atoms with Crippen LogP contribution in [0.2, 0.25) is 0 Å². The summed E-state index contributed by atoms with van der Waals surface area (Å²) in [4.78, 5) is 37.2. The fraction of sp³-hybridized carbons (Fsp3) is 0.0769. The van der Waals surface area contributed by atoms with Gasteiger partial charge in [0.15, 0.2) is 0 Å². The average molecular weight is 479 g/mol. The lowest BCUT2D eigenvalue weighted by atomic mass is 9.92. The van der Waals surface area contributed by atoms with Crippen LogP contribution in [0.4, 0.5) is 11.9 Å². The maximum Gasteiger partial charge on any atom is 0.252 e. The molecule has 0 aliphatic heterocycles. The van der Waals surface area contributed by atoms with E-state index in [1.54, 1.807) is 26.3 Å². The predicted molar refractivity (Wildman–Crippen MR) is 143 cm³/mol. The molecule has 5 rings (SSSR count). The van der Waals surface area contributed by atoms with E-state index < -0.39 is 0 Å². The van der Waals surface area contributed by atoms with Gasteiger partial charge in [0.2, 0.25) is 11.9 Å². The number of nitrogens with one attached hydrogen (secondary N) is 4. The van der Waals surface area contributed by atoms with Crippen molar-refractivity contribution in [3.05, 3.63) is 104 Å². The Morgan fingerprint density at radius 2 is 1.03 bits per heavy atom. The van der Waals surface area contributed by atoms with Gasteiger partial charge in [0.05, 0.1) is 12.4 Å². The smallest absolute Gasteiger partial charge is 0.252 e. The summed E-state index contributed by atoms with van der Waals surface area (Å²) in [6, 6.07) is 18.7. The van der Waals surface area contributed by atoms with Crippen LogP contribution >= 0.6 is 0 Å². The van der Waals surface area contributed by atoms with Crippen molar-refractivity contribution >= 4 is 45.9 Å². The van der Waals surface area contributed by atoms with Crippen LogP contribution in [0.15, 0.2) is 80.5 Å². The average Bonchev–Trinajstić information content (AvgIpc) is 2.84. The number of H-pyrrole nitrogens is 2. The lowest BCUT2D eigenvalue weighted by Crippen LogP contribution is -2.10. The van der Waals surface area contributed by atoms with E-state index in [4.69, 9.17) is 0 Å². The number of hydrogen-bond acceptors (Lipinski definition) is 8. The van der Waals surface area contributed by atoms with Gasteiger partial charge in [0, 0.05) is 34.6 Å². The van der Waals surface area contributed by atoms with Gasteiger partial charge in [-0.1, -0.05) is 48.5 Å². The highest BCUT2D eigenvalue weighted by atomic mass is 16.1. The molecule has 2 heterocycles. The summed E-state index contributed by atoms with van der Waals surface area (Å²) >= 11 is 0. The number of anilines is 2. The van der Waals surface area contributed by atoms with E-state index in [9.17, 15) is 9.59 Å². The van der Waals surface area contributed by atoms with E-state index >= 15 is 0 Å². The topological polar surface area (TPSA) is 140 Å². The van der Waals surface area contributed by atoms with Gasteiger partial charge >= 0.3 is 0 Å². The number of hydrazone groups is 2. The lowest BCUT2D eigenvalue weighted by Gasteiger charge is -2.12. The third-order valence-corrected chi connectivity index (χ3v) is 5.48. The number of aromatic nitrogens is 4.